The third-order valence-corrected chi connectivity index (χ3v) is 6.47. The predicted molar refractivity (Wildman–Crippen MR) is 127 cm³/mol. The number of aromatic nitrogens is 3. The summed E-state index contributed by atoms with van der Waals surface area (Å²) in [7, 11) is -1.35. The van der Waals surface area contributed by atoms with Gasteiger partial charge in [0.2, 0.25) is 5.91 Å². The molecule has 4 rings (SSSR count). The molecule has 2 atom stereocenters. The molecular formula is C25H26N4O2S. The van der Waals surface area contributed by atoms with Crippen LogP contribution in [-0.4, -0.2) is 36.8 Å². The summed E-state index contributed by atoms with van der Waals surface area (Å²) in [6.07, 6.45) is 5.59. The van der Waals surface area contributed by atoms with Crippen molar-refractivity contribution in [2.75, 3.05) is 12.3 Å². The number of benzene rings is 2. The highest BCUT2D eigenvalue weighted by Gasteiger charge is 2.18. The lowest BCUT2D eigenvalue weighted by molar-refractivity contribution is -0.118. The maximum atomic E-state index is 12.8. The summed E-state index contributed by atoms with van der Waals surface area (Å²) in [4.78, 5) is 12.4. The smallest absolute Gasteiger partial charge is 0.232 e. The van der Waals surface area contributed by atoms with E-state index in [1.807, 2.05) is 94.4 Å². The van der Waals surface area contributed by atoms with Crippen LogP contribution in [0.4, 0.5) is 0 Å². The molecule has 4 aromatic rings. The Morgan fingerprint density at radius 1 is 1.00 bits per heavy atom. The third kappa shape index (κ3) is 5.23. The molecule has 2 aromatic carbocycles. The van der Waals surface area contributed by atoms with Crippen molar-refractivity contribution >= 4 is 16.7 Å². The topological polar surface area (TPSA) is 68.9 Å². The Hall–Kier alpha value is -3.45. The lowest BCUT2D eigenvalue weighted by atomic mass is 10.0. The van der Waals surface area contributed by atoms with Crippen molar-refractivity contribution in [1.29, 1.82) is 0 Å². The van der Waals surface area contributed by atoms with Crippen LogP contribution in [0.5, 0.6) is 0 Å². The molecule has 0 saturated heterocycles. The van der Waals surface area contributed by atoms with Gasteiger partial charge in [-0.3, -0.25) is 9.00 Å². The van der Waals surface area contributed by atoms with Crippen molar-refractivity contribution in [3.63, 3.8) is 0 Å². The summed E-state index contributed by atoms with van der Waals surface area (Å²) in [6, 6.07) is 23.7. The van der Waals surface area contributed by atoms with Crippen molar-refractivity contribution < 1.29 is 9.00 Å². The number of para-hydroxylation sites is 1. The highest BCUT2D eigenvalue weighted by molar-refractivity contribution is 7.84. The highest BCUT2D eigenvalue weighted by Crippen LogP contribution is 2.21. The quantitative estimate of drug-likeness (QED) is 0.425. The summed E-state index contributed by atoms with van der Waals surface area (Å²) < 4.78 is 16.6. The van der Waals surface area contributed by atoms with E-state index >= 15 is 0 Å². The largest absolute Gasteiger partial charge is 0.355 e. The van der Waals surface area contributed by atoms with Crippen molar-refractivity contribution in [3.8, 4) is 11.5 Å². The van der Waals surface area contributed by atoms with Crippen molar-refractivity contribution in [2.45, 2.75) is 18.6 Å². The average molecular weight is 447 g/mol. The molecule has 0 saturated carbocycles. The number of carbonyl (C=O) groups is 1. The summed E-state index contributed by atoms with van der Waals surface area (Å²) in [5, 5.41) is 7.44. The molecule has 164 valence electrons. The van der Waals surface area contributed by atoms with Gasteiger partial charge in [-0.2, -0.15) is 5.10 Å². The first-order chi connectivity index (χ1) is 15.6. The standard InChI is InChI=1S/C25H26N4O2S/c1-20(21-10-4-2-5-11-21)16-26-24(30)19-32(31)18-22-17-27-29(23-12-6-3-7-13-23)25(22)28-14-8-9-15-28/h2-15,17,20H,16,18-19H2,1H3,(H,26,30). The van der Waals surface area contributed by atoms with E-state index in [9.17, 15) is 9.00 Å². The Balaban J connectivity index is 1.42. The molecule has 2 aromatic heterocycles. The lowest BCUT2D eigenvalue weighted by Crippen LogP contribution is -2.31. The Bertz CT molecular complexity index is 1170. The van der Waals surface area contributed by atoms with E-state index in [-0.39, 0.29) is 23.3 Å². The average Bonchev–Trinajstić information content (AvgIpc) is 3.48. The first kappa shape index (κ1) is 21.8. The minimum atomic E-state index is -1.35. The fourth-order valence-corrected chi connectivity index (χ4v) is 4.62. The van der Waals surface area contributed by atoms with E-state index in [0.29, 0.717) is 6.54 Å². The van der Waals surface area contributed by atoms with Crippen molar-refractivity contribution in [2.24, 2.45) is 0 Å². The van der Waals surface area contributed by atoms with Gasteiger partial charge in [-0.05, 0) is 35.7 Å². The number of hydrogen-bond donors (Lipinski definition) is 1. The molecule has 0 bridgehead atoms. The fourth-order valence-electron chi connectivity index (χ4n) is 3.57. The molecule has 0 aliphatic carbocycles. The van der Waals surface area contributed by atoms with Crippen molar-refractivity contribution in [1.82, 2.24) is 19.7 Å². The second kappa shape index (κ2) is 10.2. The monoisotopic (exact) mass is 446 g/mol. The Kier molecular flexibility index (Phi) is 6.97. The predicted octanol–water partition coefficient (Wildman–Crippen LogP) is 3.83. The molecule has 0 aliphatic rings. The summed E-state index contributed by atoms with van der Waals surface area (Å²) in [6.45, 7) is 2.58. The molecule has 32 heavy (non-hydrogen) atoms. The molecule has 0 aliphatic heterocycles. The van der Waals surface area contributed by atoms with Crippen molar-refractivity contribution in [3.05, 3.63) is 103 Å². The maximum Gasteiger partial charge on any atom is 0.232 e. The lowest BCUT2D eigenvalue weighted by Gasteiger charge is -2.13. The second-order valence-corrected chi connectivity index (χ2v) is 9.13. The van der Waals surface area contributed by atoms with Gasteiger partial charge >= 0.3 is 0 Å². The molecule has 7 heteroatoms. The number of amides is 1. The van der Waals surface area contributed by atoms with Crippen LogP contribution in [0.1, 0.15) is 24.0 Å². The first-order valence-electron chi connectivity index (χ1n) is 10.5. The molecule has 6 nitrogen and oxygen atoms in total. The second-order valence-electron chi connectivity index (χ2n) is 7.68. The maximum absolute atomic E-state index is 12.8. The number of rotatable bonds is 9. The van der Waals surface area contributed by atoms with Crippen LogP contribution in [0.25, 0.3) is 11.5 Å². The van der Waals surface area contributed by atoms with Gasteiger partial charge in [0, 0.05) is 35.3 Å². The minimum absolute atomic E-state index is 0.0385. The molecule has 1 N–H and O–H groups in total. The summed E-state index contributed by atoms with van der Waals surface area (Å²) >= 11 is 0. The van der Waals surface area contributed by atoms with Gasteiger partial charge < -0.3 is 9.88 Å². The van der Waals surface area contributed by atoms with Crippen LogP contribution < -0.4 is 5.32 Å². The van der Waals surface area contributed by atoms with Gasteiger partial charge in [0.25, 0.3) is 0 Å². The molecule has 2 heterocycles. The number of hydrogen-bond acceptors (Lipinski definition) is 3. The van der Waals surface area contributed by atoms with Crippen LogP contribution in [-0.2, 0) is 21.3 Å². The third-order valence-electron chi connectivity index (χ3n) is 5.25. The molecule has 1 amide bonds. The van der Waals surface area contributed by atoms with E-state index in [4.69, 9.17) is 0 Å². The SMILES string of the molecule is CC(CNC(=O)CS(=O)Cc1cnn(-c2ccccc2)c1-n1cccc1)c1ccccc1. The Labute approximate surface area is 190 Å². The zero-order valence-corrected chi connectivity index (χ0v) is 18.7. The molecule has 0 spiro atoms. The first-order valence-corrected chi connectivity index (χ1v) is 12.0. The van der Waals surface area contributed by atoms with Gasteiger partial charge in [-0.25, -0.2) is 4.68 Å². The molecule has 0 fully saturated rings. The van der Waals surface area contributed by atoms with Gasteiger partial charge in [-0.15, -0.1) is 0 Å². The van der Waals surface area contributed by atoms with Gasteiger partial charge in [0.1, 0.15) is 11.6 Å². The zero-order chi connectivity index (χ0) is 22.3. The Morgan fingerprint density at radius 3 is 2.34 bits per heavy atom. The van der Waals surface area contributed by atoms with E-state index < -0.39 is 10.8 Å². The summed E-state index contributed by atoms with van der Waals surface area (Å²) in [5.41, 5.74) is 2.91. The van der Waals surface area contributed by atoms with E-state index in [1.54, 1.807) is 6.20 Å². The van der Waals surface area contributed by atoms with E-state index in [2.05, 4.69) is 17.3 Å². The van der Waals surface area contributed by atoms with E-state index in [0.717, 1.165) is 17.1 Å². The highest BCUT2D eigenvalue weighted by atomic mass is 32.2. The zero-order valence-electron chi connectivity index (χ0n) is 17.9. The van der Waals surface area contributed by atoms with Crippen LogP contribution in [0, 0.1) is 0 Å². The van der Waals surface area contributed by atoms with Gasteiger partial charge in [-0.1, -0.05) is 55.5 Å². The number of nitrogens with one attached hydrogen (secondary N) is 1. The number of carbonyl (C=O) groups excluding carboxylic acids is 1. The number of nitrogens with zero attached hydrogens (tertiary/aromatic N) is 3. The molecule has 2 unspecified atom stereocenters. The molecule has 0 radical (unpaired) electrons. The summed E-state index contributed by atoms with van der Waals surface area (Å²) in [5.74, 6) is 1.03. The fraction of sp³-hybridized carbons (Fsp3) is 0.200. The minimum Gasteiger partial charge on any atom is -0.355 e. The van der Waals surface area contributed by atoms with E-state index in [1.165, 1.54) is 5.56 Å². The molecular weight excluding hydrogens is 420 g/mol. The van der Waals surface area contributed by atoms with Crippen LogP contribution in [0.3, 0.4) is 0 Å². The van der Waals surface area contributed by atoms with Gasteiger partial charge in [0.15, 0.2) is 0 Å². The van der Waals surface area contributed by atoms with Crippen LogP contribution in [0.2, 0.25) is 0 Å². The normalized spacial score (nSPS) is 12.9. The van der Waals surface area contributed by atoms with Crippen LogP contribution >= 0.6 is 0 Å². The van der Waals surface area contributed by atoms with Gasteiger partial charge in [0.05, 0.1) is 17.6 Å². The van der Waals surface area contributed by atoms with Crippen LogP contribution in [0.15, 0.2) is 91.4 Å². The Morgan fingerprint density at radius 2 is 1.66 bits per heavy atom.